The summed E-state index contributed by atoms with van der Waals surface area (Å²) in [6, 6.07) is 6.33. The molecule has 6 heteroatoms. The fourth-order valence-corrected chi connectivity index (χ4v) is 3.08. The minimum atomic E-state index is -0.228. The Kier molecular flexibility index (Phi) is 7.25. The van der Waals surface area contributed by atoms with E-state index >= 15 is 0 Å². The molecule has 1 aromatic rings. The van der Waals surface area contributed by atoms with Crippen LogP contribution in [0.15, 0.2) is 18.2 Å². The molecule has 1 heterocycles. The first-order chi connectivity index (χ1) is 12.0. The zero-order valence-electron chi connectivity index (χ0n) is 15.4. The number of rotatable bonds is 6. The Labute approximate surface area is 149 Å². The minimum absolute atomic E-state index is 0.0221. The maximum absolute atomic E-state index is 12.2. The van der Waals surface area contributed by atoms with E-state index in [0.717, 1.165) is 29.7 Å². The van der Waals surface area contributed by atoms with Crippen LogP contribution in [0, 0.1) is 13.8 Å². The van der Waals surface area contributed by atoms with Gasteiger partial charge in [-0.05, 0) is 44.7 Å². The van der Waals surface area contributed by atoms with E-state index in [1.165, 1.54) is 0 Å². The van der Waals surface area contributed by atoms with Crippen molar-refractivity contribution >= 4 is 17.7 Å². The van der Waals surface area contributed by atoms with Gasteiger partial charge in [0.25, 0.3) is 0 Å². The van der Waals surface area contributed by atoms with Gasteiger partial charge in [0, 0.05) is 37.8 Å². The number of aryl methyl sites for hydroxylation is 2. The van der Waals surface area contributed by atoms with E-state index in [2.05, 4.69) is 10.6 Å². The molecule has 0 aliphatic carbocycles. The molecule has 2 rings (SSSR count). The van der Waals surface area contributed by atoms with Gasteiger partial charge in [-0.25, -0.2) is 4.79 Å². The van der Waals surface area contributed by atoms with Crippen molar-refractivity contribution in [3.63, 3.8) is 0 Å². The summed E-state index contributed by atoms with van der Waals surface area (Å²) in [5, 5.41) is 6.42. The highest BCUT2D eigenvalue weighted by molar-refractivity contribution is 5.92. The molecular weight excluding hydrogens is 318 g/mol. The van der Waals surface area contributed by atoms with Gasteiger partial charge in [-0.15, -0.1) is 0 Å². The van der Waals surface area contributed by atoms with Crippen LogP contribution in [0.2, 0.25) is 0 Å². The summed E-state index contributed by atoms with van der Waals surface area (Å²) in [7, 11) is 0. The lowest BCUT2D eigenvalue weighted by Crippen LogP contribution is -2.45. The molecule has 2 N–H and O–H groups in total. The van der Waals surface area contributed by atoms with Gasteiger partial charge in [-0.2, -0.15) is 0 Å². The number of hydrogen-bond acceptors (Lipinski definition) is 4. The van der Waals surface area contributed by atoms with E-state index in [-0.39, 0.29) is 12.0 Å². The quantitative estimate of drug-likeness (QED) is 0.830. The summed E-state index contributed by atoms with van der Waals surface area (Å²) in [5.74, 6) is 0.0221. The van der Waals surface area contributed by atoms with Crippen molar-refractivity contribution in [1.29, 1.82) is 0 Å². The average molecular weight is 347 g/mol. The van der Waals surface area contributed by atoms with Crippen LogP contribution < -0.4 is 10.6 Å². The van der Waals surface area contributed by atoms with E-state index in [0.29, 0.717) is 38.7 Å². The van der Waals surface area contributed by atoms with Crippen molar-refractivity contribution in [3.05, 3.63) is 29.3 Å². The molecule has 0 atom stereocenters. The topological polar surface area (TPSA) is 70.7 Å². The monoisotopic (exact) mass is 347 g/mol. The summed E-state index contributed by atoms with van der Waals surface area (Å²) in [4.78, 5) is 25.6. The molecule has 0 bridgehead atoms. The van der Waals surface area contributed by atoms with E-state index in [1.807, 2.05) is 39.0 Å². The Morgan fingerprint density at radius 3 is 2.44 bits per heavy atom. The first-order valence-electron chi connectivity index (χ1n) is 9.02. The van der Waals surface area contributed by atoms with Crippen molar-refractivity contribution in [3.8, 4) is 0 Å². The van der Waals surface area contributed by atoms with Crippen molar-refractivity contribution in [2.24, 2.45) is 0 Å². The van der Waals surface area contributed by atoms with Gasteiger partial charge in [0.1, 0.15) is 0 Å². The molecule has 1 aliphatic rings. The molecule has 0 unspecified atom stereocenters. The molecule has 1 aromatic carbocycles. The zero-order valence-corrected chi connectivity index (χ0v) is 15.4. The SMILES string of the molecule is CCOC(=O)N1CCC(NCCC(=O)Nc2c(C)cccc2C)CC1. The number of amides is 2. The Morgan fingerprint density at radius 2 is 1.84 bits per heavy atom. The highest BCUT2D eigenvalue weighted by Gasteiger charge is 2.23. The molecule has 1 aliphatic heterocycles. The van der Waals surface area contributed by atoms with Crippen LogP contribution in [0.3, 0.4) is 0 Å². The lowest BCUT2D eigenvalue weighted by Gasteiger charge is -2.31. The molecule has 25 heavy (non-hydrogen) atoms. The van der Waals surface area contributed by atoms with E-state index in [1.54, 1.807) is 4.90 Å². The van der Waals surface area contributed by atoms with Gasteiger partial charge in [-0.3, -0.25) is 4.79 Å². The molecular formula is C19H29N3O3. The summed E-state index contributed by atoms with van der Waals surface area (Å²) in [5.41, 5.74) is 3.07. The molecule has 0 spiro atoms. The second kappa shape index (κ2) is 9.42. The number of carbonyl (C=O) groups excluding carboxylic acids is 2. The Morgan fingerprint density at radius 1 is 1.20 bits per heavy atom. The smallest absolute Gasteiger partial charge is 0.409 e. The maximum atomic E-state index is 12.2. The largest absolute Gasteiger partial charge is 0.450 e. The summed E-state index contributed by atoms with van der Waals surface area (Å²) in [6.07, 6.45) is 1.98. The van der Waals surface area contributed by atoms with Gasteiger partial charge in [0.05, 0.1) is 6.61 Å². The maximum Gasteiger partial charge on any atom is 0.409 e. The van der Waals surface area contributed by atoms with Gasteiger partial charge < -0.3 is 20.3 Å². The second-order valence-corrected chi connectivity index (χ2v) is 6.48. The number of likely N-dealkylation sites (tertiary alicyclic amines) is 1. The first-order valence-corrected chi connectivity index (χ1v) is 9.02. The van der Waals surface area contributed by atoms with Crippen LogP contribution in [-0.4, -0.2) is 49.2 Å². The average Bonchev–Trinajstić information content (AvgIpc) is 2.59. The van der Waals surface area contributed by atoms with Gasteiger partial charge in [0.2, 0.25) is 5.91 Å². The standard InChI is InChI=1S/C19H29N3O3/c1-4-25-19(24)22-12-9-16(10-13-22)20-11-8-17(23)21-18-14(2)6-5-7-15(18)3/h5-7,16,20H,4,8-13H2,1-3H3,(H,21,23). The van der Waals surface area contributed by atoms with Crippen molar-refractivity contribution in [2.45, 2.75) is 46.1 Å². The molecule has 0 aromatic heterocycles. The Bertz CT molecular complexity index is 575. The molecule has 0 saturated carbocycles. The highest BCUT2D eigenvalue weighted by Crippen LogP contribution is 2.19. The highest BCUT2D eigenvalue weighted by atomic mass is 16.6. The third kappa shape index (κ3) is 5.74. The molecule has 2 amide bonds. The van der Waals surface area contributed by atoms with E-state index < -0.39 is 0 Å². The summed E-state index contributed by atoms with van der Waals surface area (Å²) >= 11 is 0. The van der Waals surface area contributed by atoms with Crippen molar-refractivity contribution in [1.82, 2.24) is 10.2 Å². The number of nitrogens with zero attached hydrogens (tertiary/aromatic N) is 1. The number of nitrogens with one attached hydrogen (secondary N) is 2. The normalized spacial score (nSPS) is 15.1. The first kappa shape index (κ1) is 19.2. The fourth-order valence-electron chi connectivity index (χ4n) is 3.08. The van der Waals surface area contributed by atoms with Crippen LogP contribution in [-0.2, 0) is 9.53 Å². The number of piperidine rings is 1. The number of anilines is 1. The zero-order chi connectivity index (χ0) is 18.2. The van der Waals surface area contributed by atoms with Crippen LogP contribution >= 0.6 is 0 Å². The predicted molar refractivity (Wildman–Crippen MR) is 98.8 cm³/mol. The van der Waals surface area contributed by atoms with Crippen molar-refractivity contribution < 1.29 is 14.3 Å². The molecule has 1 saturated heterocycles. The number of benzene rings is 1. The van der Waals surface area contributed by atoms with Crippen molar-refractivity contribution in [2.75, 3.05) is 31.6 Å². The number of ether oxygens (including phenoxy) is 1. The summed E-state index contributed by atoms with van der Waals surface area (Å²) < 4.78 is 5.02. The van der Waals surface area contributed by atoms with Gasteiger partial charge in [-0.1, -0.05) is 18.2 Å². The lowest BCUT2D eigenvalue weighted by molar-refractivity contribution is -0.116. The van der Waals surface area contributed by atoms with Gasteiger partial charge >= 0.3 is 6.09 Å². The third-order valence-corrected chi connectivity index (χ3v) is 4.55. The predicted octanol–water partition coefficient (Wildman–Crippen LogP) is 2.84. The number of hydrogen-bond donors (Lipinski definition) is 2. The van der Waals surface area contributed by atoms with Crippen LogP contribution in [0.4, 0.5) is 10.5 Å². The van der Waals surface area contributed by atoms with Crippen LogP contribution in [0.5, 0.6) is 0 Å². The fraction of sp³-hybridized carbons (Fsp3) is 0.579. The Hall–Kier alpha value is -2.08. The second-order valence-electron chi connectivity index (χ2n) is 6.48. The number of carbonyl (C=O) groups is 2. The van der Waals surface area contributed by atoms with E-state index in [9.17, 15) is 9.59 Å². The molecule has 6 nitrogen and oxygen atoms in total. The van der Waals surface area contributed by atoms with Crippen LogP contribution in [0.25, 0.3) is 0 Å². The lowest BCUT2D eigenvalue weighted by atomic mass is 10.1. The van der Waals surface area contributed by atoms with E-state index in [4.69, 9.17) is 4.74 Å². The third-order valence-electron chi connectivity index (χ3n) is 4.55. The Balaban J connectivity index is 1.68. The summed E-state index contributed by atoms with van der Waals surface area (Å²) in [6.45, 7) is 8.26. The van der Waals surface area contributed by atoms with Gasteiger partial charge in [0.15, 0.2) is 0 Å². The molecule has 1 fully saturated rings. The minimum Gasteiger partial charge on any atom is -0.450 e. The van der Waals surface area contributed by atoms with Crippen LogP contribution in [0.1, 0.15) is 37.3 Å². The molecule has 0 radical (unpaired) electrons. The molecule has 138 valence electrons. The number of para-hydroxylation sites is 1.